The number of aryl methyl sites for hydroxylation is 1. The average Bonchev–Trinajstić information content (AvgIpc) is 2.96. The topological polar surface area (TPSA) is 110 Å². The number of hydrogen-bond donors (Lipinski definition) is 0. The lowest BCUT2D eigenvalue weighted by molar-refractivity contribution is -0.384. The van der Waals surface area contributed by atoms with Gasteiger partial charge in [-0.2, -0.15) is 8.42 Å². The number of nitro groups is 1. The molecule has 0 saturated carbocycles. The van der Waals surface area contributed by atoms with E-state index in [9.17, 15) is 23.3 Å². The van der Waals surface area contributed by atoms with Crippen LogP contribution >= 0.6 is 11.8 Å². The smallest absolute Gasteiger partial charge is 0.284 e. The first-order valence-electron chi connectivity index (χ1n) is 8.59. The Morgan fingerprint density at radius 1 is 1.14 bits per heavy atom. The lowest BCUT2D eigenvalue weighted by Gasteiger charge is -2.11. The fraction of sp³-hybridized carbons (Fsp3) is 0.158. The highest BCUT2D eigenvalue weighted by Gasteiger charge is 2.34. The number of rotatable bonds is 5. The fourth-order valence-electron chi connectivity index (χ4n) is 2.56. The predicted octanol–water partition coefficient (Wildman–Crippen LogP) is 3.58. The summed E-state index contributed by atoms with van der Waals surface area (Å²) in [6.45, 7) is 3.83. The molecule has 150 valence electrons. The summed E-state index contributed by atoms with van der Waals surface area (Å²) in [5.41, 5.74) is 1.45. The molecule has 1 saturated heterocycles. The van der Waals surface area contributed by atoms with Crippen molar-refractivity contribution in [1.29, 1.82) is 0 Å². The van der Waals surface area contributed by atoms with Gasteiger partial charge in [0.25, 0.3) is 21.6 Å². The van der Waals surface area contributed by atoms with E-state index in [1.807, 2.05) is 6.92 Å². The summed E-state index contributed by atoms with van der Waals surface area (Å²) in [5.74, 6) is -0.367. The number of amides is 1. The maximum atomic E-state index is 12.6. The molecule has 29 heavy (non-hydrogen) atoms. The van der Waals surface area contributed by atoms with E-state index in [-0.39, 0.29) is 28.2 Å². The van der Waals surface area contributed by atoms with Crippen molar-refractivity contribution in [3.63, 3.8) is 0 Å². The van der Waals surface area contributed by atoms with Crippen molar-refractivity contribution in [2.45, 2.75) is 18.7 Å². The van der Waals surface area contributed by atoms with Crippen LogP contribution in [0.25, 0.3) is 6.08 Å². The third-order valence-electron chi connectivity index (χ3n) is 4.12. The van der Waals surface area contributed by atoms with Crippen molar-refractivity contribution < 1.29 is 18.1 Å². The molecule has 0 atom stereocenters. The summed E-state index contributed by atoms with van der Waals surface area (Å²) >= 11 is 0.956. The van der Waals surface area contributed by atoms with Crippen LogP contribution < -0.4 is 0 Å². The van der Waals surface area contributed by atoms with Crippen molar-refractivity contribution in [2.75, 3.05) is 6.54 Å². The van der Waals surface area contributed by atoms with Gasteiger partial charge in [0, 0.05) is 18.7 Å². The number of carbonyl (C=O) groups is 1. The molecule has 1 amide bonds. The van der Waals surface area contributed by atoms with Gasteiger partial charge < -0.3 is 0 Å². The second kappa shape index (κ2) is 8.18. The number of likely N-dealkylation sites (N-methyl/N-ethyl adjacent to an activating group) is 1. The first kappa shape index (κ1) is 20.7. The maximum Gasteiger partial charge on any atom is 0.284 e. The number of amidine groups is 1. The number of nitro benzene ring substituents is 1. The van der Waals surface area contributed by atoms with E-state index in [4.69, 9.17) is 0 Å². The molecular formula is C19H17N3O5S2. The van der Waals surface area contributed by atoms with Gasteiger partial charge in [-0.15, -0.1) is 4.40 Å². The molecular weight excluding hydrogens is 414 g/mol. The second-order valence-corrected chi connectivity index (χ2v) is 8.78. The molecule has 0 aliphatic carbocycles. The molecule has 3 rings (SSSR count). The monoisotopic (exact) mass is 431 g/mol. The Morgan fingerprint density at radius 2 is 1.76 bits per heavy atom. The lowest BCUT2D eigenvalue weighted by Crippen LogP contribution is -2.29. The number of hydrogen-bond acceptors (Lipinski definition) is 6. The van der Waals surface area contributed by atoms with Gasteiger partial charge in [0.15, 0.2) is 5.17 Å². The molecule has 8 nitrogen and oxygen atoms in total. The van der Waals surface area contributed by atoms with Crippen LogP contribution in [-0.4, -0.2) is 35.9 Å². The third kappa shape index (κ3) is 4.54. The SMILES string of the molecule is CCN1C(=O)/C(=C/c2ccc([N+](=O)[O-])cc2)SC1=NS(=O)(=O)c1ccc(C)cc1. The third-order valence-corrected chi connectivity index (χ3v) is 6.53. The summed E-state index contributed by atoms with van der Waals surface area (Å²) in [4.78, 5) is 24.5. The van der Waals surface area contributed by atoms with Crippen LogP contribution in [-0.2, 0) is 14.8 Å². The van der Waals surface area contributed by atoms with Gasteiger partial charge in [-0.1, -0.05) is 17.7 Å². The quantitative estimate of drug-likeness (QED) is 0.406. The molecule has 1 heterocycles. The van der Waals surface area contributed by atoms with Crippen LogP contribution in [0.5, 0.6) is 0 Å². The van der Waals surface area contributed by atoms with Crippen molar-refractivity contribution in [2.24, 2.45) is 4.40 Å². The molecule has 0 bridgehead atoms. The molecule has 0 spiro atoms. The molecule has 1 fully saturated rings. The zero-order chi connectivity index (χ0) is 21.2. The molecule has 0 radical (unpaired) electrons. The van der Waals surface area contributed by atoms with Crippen LogP contribution in [0.2, 0.25) is 0 Å². The van der Waals surface area contributed by atoms with Gasteiger partial charge >= 0.3 is 0 Å². The highest BCUT2D eigenvalue weighted by Crippen LogP contribution is 2.33. The van der Waals surface area contributed by atoms with E-state index in [1.54, 1.807) is 25.1 Å². The molecule has 10 heteroatoms. The number of carbonyl (C=O) groups excluding carboxylic acids is 1. The zero-order valence-electron chi connectivity index (χ0n) is 15.6. The van der Waals surface area contributed by atoms with E-state index >= 15 is 0 Å². The van der Waals surface area contributed by atoms with Gasteiger partial charge in [0.1, 0.15) is 0 Å². The predicted molar refractivity (Wildman–Crippen MR) is 112 cm³/mol. The number of benzene rings is 2. The standard InChI is InChI=1S/C19H17N3O5S2/c1-3-21-18(23)17(12-14-6-8-15(9-7-14)22(24)25)28-19(21)20-29(26,27)16-10-4-13(2)5-11-16/h4-12H,3H2,1-2H3/b17-12-,20-19?. The van der Waals surface area contributed by atoms with Crippen LogP contribution in [0, 0.1) is 17.0 Å². The number of sulfonamides is 1. The Labute approximate surface area is 172 Å². The van der Waals surface area contributed by atoms with Gasteiger partial charge in [0.2, 0.25) is 0 Å². The summed E-state index contributed by atoms with van der Waals surface area (Å²) < 4.78 is 29.1. The van der Waals surface area contributed by atoms with Gasteiger partial charge in [-0.05, 0) is 61.5 Å². The summed E-state index contributed by atoms with van der Waals surface area (Å²) in [6.07, 6.45) is 1.56. The Bertz CT molecular complexity index is 1120. The van der Waals surface area contributed by atoms with Gasteiger partial charge in [0.05, 0.1) is 14.7 Å². The Balaban J connectivity index is 1.93. The summed E-state index contributed by atoms with van der Waals surface area (Å²) in [6, 6.07) is 12.0. The average molecular weight is 431 g/mol. The van der Waals surface area contributed by atoms with Crippen molar-refractivity contribution in [3.05, 3.63) is 74.7 Å². The minimum atomic E-state index is -3.97. The van der Waals surface area contributed by atoms with E-state index in [0.29, 0.717) is 10.5 Å². The second-order valence-electron chi connectivity index (χ2n) is 6.17. The highest BCUT2D eigenvalue weighted by molar-refractivity contribution is 8.19. The molecule has 0 aromatic heterocycles. The van der Waals surface area contributed by atoms with Crippen molar-refractivity contribution >= 4 is 44.6 Å². The minimum Gasteiger partial charge on any atom is -0.286 e. The molecule has 1 aliphatic heterocycles. The fourth-order valence-corrected chi connectivity index (χ4v) is 4.81. The molecule has 1 aliphatic rings. The Hall–Kier alpha value is -2.98. The number of nitrogens with zero attached hydrogens (tertiary/aromatic N) is 3. The molecule has 0 unspecified atom stereocenters. The van der Waals surface area contributed by atoms with Gasteiger partial charge in [-0.3, -0.25) is 19.8 Å². The normalized spacial score (nSPS) is 17.3. The number of thioether (sulfide) groups is 1. The van der Waals surface area contributed by atoms with Crippen LogP contribution in [0.1, 0.15) is 18.1 Å². The van der Waals surface area contributed by atoms with Gasteiger partial charge in [-0.25, -0.2) is 0 Å². The molecule has 2 aromatic rings. The van der Waals surface area contributed by atoms with E-state index in [1.165, 1.54) is 41.3 Å². The first-order valence-corrected chi connectivity index (χ1v) is 10.8. The first-order chi connectivity index (χ1) is 13.7. The molecule has 2 aromatic carbocycles. The lowest BCUT2D eigenvalue weighted by atomic mass is 10.2. The Morgan fingerprint density at radius 3 is 2.31 bits per heavy atom. The number of non-ortho nitro benzene ring substituents is 1. The molecule has 0 N–H and O–H groups in total. The van der Waals surface area contributed by atoms with Crippen LogP contribution in [0.4, 0.5) is 5.69 Å². The maximum absolute atomic E-state index is 12.6. The van der Waals surface area contributed by atoms with Crippen molar-refractivity contribution in [3.8, 4) is 0 Å². The summed E-state index contributed by atoms with van der Waals surface area (Å²) in [7, 11) is -3.97. The zero-order valence-corrected chi connectivity index (χ0v) is 17.2. The van der Waals surface area contributed by atoms with E-state index in [2.05, 4.69) is 4.40 Å². The van der Waals surface area contributed by atoms with Crippen LogP contribution in [0.15, 0.2) is 62.7 Å². The minimum absolute atomic E-state index is 0.0486. The van der Waals surface area contributed by atoms with Crippen LogP contribution in [0.3, 0.4) is 0 Å². The van der Waals surface area contributed by atoms with E-state index in [0.717, 1.165) is 17.3 Å². The summed E-state index contributed by atoms with van der Waals surface area (Å²) in [5, 5.41) is 10.8. The van der Waals surface area contributed by atoms with E-state index < -0.39 is 14.9 Å². The Kier molecular flexibility index (Phi) is 5.85. The highest BCUT2D eigenvalue weighted by atomic mass is 32.2. The largest absolute Gasteiger partial charge is 0.286 e. The van der Waals surface area contributed by atoms with Crippen molar-refractivity contribution in [1.82, 2.24) is 4.90 Å².